The van der Waals surface area contributed by atoms with E-state index < -0.39 is 15.5 Å². The molecule has 1 atom stereocenters. The van der Waals surface area contributed by atoms with Crippen molar-refractivity contribution in [3.8, 4) is 5.75 Å². The van der Waals surface area contributed by atoms with Crippen LogP contribution in [0.15, 0.2) is 54.6 Å². The fourth-order valence-electron chi connectivity index (χ4n) is 2.96. The zero-order valence-corrected chi connectivity index (χ0v) is 15.4. The molecule has 6 nitrogen and oxygen atoms in total. The van der Waals surface area contributed by atoms with Gasteiger partial charge in [-0.05, 0) is 50.2 Å². The Balaban J connectivity index is 1.81. The third-order valence-corrected chi connectivity index (χ3v) is 6.14. The van der Waals surface area contributed by atoms with Crippen molar-refractivity contribution >= 4 is 21.4 Å². The molecule has 2 N–H and O–H groups in total. The lowest BCUT2D eigenvalue weighted by atomic mass is 10.2. The molecule has 0 aliphatic carbocycles. The highest BCUT2D eigenvalue weighted by molar-refractivity contribution is 7.93. The van der Waals surface area contributed by atoms with E-state index in [4.69, 9.17) is 9.84 Å². The van der Waals surface area contributed by atoms with Crippen LogP contribution >= 0.6 is 0 Å². The highest BCUT2D eigenvalue weighted by Gasteiger charge is 2.40. The molecule has 7 heteroatoms. The average Bonchev–Trinajstić information content (AvgIpc) is 2.65. The van der Waals surface area contributed by atoms with Crippen LogP contribution < -0.4 is 14.4 Å². The second-order valence-corrected chi connectivity index (χ2v) is 8.05. The van der Waals surface area contributed by atoms with E-state index in [2.05, 4.69) is 5.32 Å². The smallest absolute Gasteiger partial charge is 0.277 e. The first kappa shape index (κ1) is 18.7. The van der Waals surface area contributed by atoms with Gasteiger partial charge in [0.25, 0.3) is 10.0 Å². The number of nitrogens with zero attached hydrogens (tertiary/aromatic N) is 1. The average molecular weight is 376 g/mol. The SMILES string of the molecule is O=S1(=O)C(CCCNCCCO)Oc2ccccc2N1c1ccccc1. The van der Waals surface area contributed by atoms with Crippen molar-refractivity contribution in [1.82, 2.24) is 5.32 Å². The molecule has 0 saturated carbocycles. The van der Waals surface area contributed by atoms with Crippen LogP contribution in [0.5, 0.6) is 5.75 Å². The van der Waals surface area contributed by atoms with Gasteiger partial charge < -0.3 is 15.2 Å². The summed E-state index contributed by atoms with van der Waals surface area (Å²) in [5.41, 5.74) is 0.225. The number of fused-ring (bicyclic) bond motifs is 1. The molecule has 0 aromatic heterocycles. The monoisotopic (exact) mass is 376 g/mol. The minimum Gasteiger partial charge on any atom is -0.470 e. The minimum atomic E-state index is -3.68. The first-order chi connectivity index (χ1) is 12.6. The van der Waals surface area contributed by atoms with Gasteiger partial charge in [-0.25, -0.2) is 12.7 Å². The molecule has 0 radical (unpaired) electrons. The number of sulfonamides is 1. The van der Waals surface area contributed by atoms with E-state index in [9.17, 15) is 8.42 Å². The molecule has 26 heavy (non-hydrogen) atoms. The number of rotatable bonds is 8. The van der Waals surface area contributed by atoms with Gasteiger partial charge in [0, 0.05) is 13.0 Å². The number of aliphatic hydroxyl groups is 1. The lowest BCUT2D eigenvalue weighted by Crippen LogP contribution is -2.43. The molecule has 0 saturated heterocycles. The maximum absolute atomic E-state index is 13.2. The van der Waals surface area contributed by atoms with E-state index in [1.807, 2.05) is 24.3 Å². The summed E-state index contributed by atoms with van der Waals surface area (Å²) in [6.07, 6.45) is 1.75. The summed E-state index contributed by atoms with van der Waals surface area (Å²) >= 11 is 0. The number of para-hydroxylation sites is 3. The Labute approximate surface area is 154 Å². The fourth-order valence-corrected chi connectivity index (χ4v) is 4.73. The maximum Gasteiger partial charge on any atom is 0.277 e. The van der Waals surface area contributed by atoms with Crippen LogP contribution in [0.25, 0.3) is 0 Å². The Morgan fingerprint density at radius 3 is 2.46 bits per heavy atom. The molecule has 3 rings (SSSR count). The molecule has 2 aromatic rings. The summed E-state index contributed by atoms with van der Waals surface area (Å²) < 4.78 is 33.6. The Hall–Kier alpha value is -2.09. The van der Waals surface area contributed by atoms with E-state index in [1.165, 1.54) is 4.31 Å². The van der Waals surface area contributed by atoms with Gasteiger partial charge >= 0.3 is 0 Å². The second-order valence-electron chi connectivity index (χ2n) is 6.13. The number of nitrogens with one attached hydrogen (secondary N) is 1. The third-order valence-electron chi connectivity index (χ3n) is 4.22. The summed E-state index contributed by atoms with van der Waals surface area (Å²) in [6.45, 7) is 1.55. The Morgan fingerprint density at radius 2 is 1.69 bits per heavy atom. The standard InChI is InChI=1S/C19H24N2O4S/c22-15-7-14-20-13-6-12-19-25-18-11-5-4-10-17(18)21(26(19,23)24)16-8-2-1-3-9-16/h1-5,8-11,19-20,22H,6-7,12-15H2. The maximum atomic E-state index is 13.2. The normalized spacial score (nSPS) is 18.2. The van der Waals surface area contributed by atoms with E-state index in [1.54, 1.807) is 30.3 Å². The highest BCUT2D eigenvalue weighted by atomic mass is 32.2. The van der Waals surface area contributed by atoms with Crippen LogP contribution in [0.3, 0.4) is 0 Å². The van der Waals surface area contributed by atoms with Gasteiger partial charge in [-0.1, -0.05) is 30.3 Å². The molecule has 0 spiro atoms. The van der Waals surface area contributed by atoms with E-state index in [0.29, 0.717) is 49.5 Å². The summed E-state index contributed by atoms with van der Waals surface area (Å²) in [7, 11) is -3.68. The third kappa shape index (κ3) is 4.00. The second kappa shape index (κ2) is 8.53. The zero-order valence-electron chi connectivity index (χ0n) is 14.5. The van der Waals surface area contributed by atoms with Gasteiger partial charge in [-0.15, -0.1) is 0 Å². The van der Waals surface area contributed by atoms with Crippen molar-refractivity contribution in [3.05, 3.63) is 54.6 Å². The van der Waals surface area contributed by atoms with E-state index in [0.717, 1.165) is 0 Å². The summed E-state index contributed by atoms with van der Waals surface area (Å²) in [6, 6.07) is 16.3. The number of hydrogen-bond donors (Lipinski definition) is 2. The predicted octanol–water partition coefficient (Wildman–Crippen LogP) is 2.63. The summed E-state index contributed by atoms with van der Waals surface area (Å²) in [4.78, 5) is 0. The molecule has 0 bridgehead atoms. The van der Waals surface area contributed by atoms with E-state index in [-0.39, 0.29) is 6.61 Å². The predicted molar refractivity (Wildman–Crippen MR) is 102 cm³/mol. The number of hydrogen-bond acceptors (Lipinski definition) is 5. The van der Waals surface area contributed by atoms with Crippen LogP contribution in [-0.2, 0) is 10.0 Å². The largest absolute Gasteiger partial charge is 0.470 e. The van der Waals surface area contributed by atoms with Gasteiger partial charge in [-0.3, -0.25) is 0 Å². The van der Waals surface area contributed by atoms with Crippen LogP contribution in [0, 0.1) is 0 Å². The Morgan fingerprint density at radius 1 is 1.00 bits per heavy atom. The molecule has 1 aliphatic heterocycles. The number of ether oxygens (including phenoxy) is 1. The van der Waals surface area contributed by atoms with Crippen molar-refractivity contribution < 1.29 is 18.3 Å². The van der Waals surface area contributed by atoms with Gasteiger partial charge in [-0.2, -0.15) is 0 Å². The van der Waals surface area contributed by atoms with Crippen LogP contribution in [0.4, 0.5) is 11.4 Å². The molecule has 1 heterocycles. The van der Waals surface area contributed by atoms with Crippen molar-refractivity contribution in [2.45, 2.75) is 24.7 Å². The van der Waals surface area contributed by atoms with Gasteiger partial charge in [0.1, 0.15) is 5.75 Å². The summed E-state index contributed by atoms with van der Waals surface area (Å²) in [5, 5.41) is 12.0. The van der Waals surface area contributed by atoms with Crippen molar-refractivity contribution in [2.75, 3.05) is 24.0 Å². The number of aliphatic hydroxyl groups excluding tert-OH is 1. The minimum absolute atomic E-state index is 0.149. The number of benzene rings is 2. The molecule has 1 unspecified atom stereocenters. The van der Waals surface area contributed by atoms with Crippen molar-refractivity contribution in [2.24, 2.45) is 0 Å². The van der Waals surface area contributed by atoms with Crippen LogP contribution in [0.2, 0.25) is 0 Å². The molecule has 1 aliphatic rings. The van der Waals surface area contributed by atoms with Gasteiger partial charge in [0.05, 0.1) is 11.4 Å². The molecule has 0 fully saturated rings. The molecular weight excluding hydrogens is 352 g/mol. The van der Waals surface area contributed by atoms with E-state index >= 15 is 0 Å². The molecule has 0 amide bonds. The Bertz CT molecular complexity index is 811. The first-order valence-electron chi connectivity index (χ1n) is 8.81. The van der Waals surface area contributed by atoms with Crippen LogP contribution in [-0.4, -0.2) is 38.7 Å². The lowest BCUT2D eigenvalue weighted by molar-refractivity contribution is 0.253. The fraction of sp³-hybridized carbons (Fsp3) is 0.368. The quantitative estimate of drug-likeness (QED) is 0.693. The highest BCUT2D eigenvalue weighted by Crippen LogP contribution is 2.42. The molecule has 2 aromatic carbocycles. The first-order valence-corrected chi connectivity index (χ1v) is 10.3. The topological polar surface area (TPSA) is 78.9 Å². The molecular formula is C19H24N2O4S. The number of anilines is 2. The molecule has 140 valence electrons. The van der Waals surface area contributed by atoms with Crippen LogP contribution in [0.1, 0.15) is 19.3 Å². The van der Waals surface area contributed by atoms with Crippen molar-refractivity contribution in [3.63, 3.8) is 0 Å². The van der Waals surface area contributed by atoms with Gasteiger partial charge in [0.2, 0.25) is 5.44 Å². The van der Waals surface area contributed by atoms with Crippen molar-refractivity contribution in [1.29, 1.82) is 0 Å². The zero-order chi connectivity index (χ0) is 18.4. The lowest BCUT2D eigenvalue weighted by Gasteiger charge is -2.35. The Kier molecular flexibility index (Phi) is 6.13. The summed E-state index contributed by atoms with van der Waals surface area (Å²) in [5.74, 6) is 0.574. The van der Waals surface area contributed by atoms with Gasteiger partial charge in [0.15, 0.2) is 0 Å².